The monoisotopic (exact) mass is 349 g/mol. The highest BCUT2D eigenvalue weighted by atomic mass is 16.2. The van der Waals surface area contributed by atoms with Gasteiger partial charge in [0.2, 0.25) is 5.95 Å². The van der Waals surface area contributed by atoms with Gasteiger partial charge in [-0.3, -0.25) is 15.6 Å². The van der Waals surface area contributed by atoms with E-state index in [4.69, 9.17) is 0 Å². The van der Waals surface area contributed by atoms with E-state index in [0.717, 1.165) is 34.0 Å². The average molecular weight is 349 g/mol. The zero-order chi connectivity index (χ0) is 18.8. The maximum atomic E-state index is 12.6. The van der Waals surface area contributed by atoms with Crippen molar-refractivity contribution in [2.45, 2.75) is 34.6 Å². The van der Waals surface area contributed by atoms with Crippen LogP contribution in [-0.2, 0) is 0 Å². The van der Waals surface area contributed by atoms with Crippen molar-refractivity contribution in [1.29, 1.82) is 0 Å². The van der Waals surface area contributed by atoms with E-state index in [2.05, 4.69) is 44.4 Å². The van der Waals surface area contributed by atoms with Gasteiger partial charge in [0.05, 0.1) is 5.56 Å². The Bertz CT molecular complexity index is 954. The number of benzene rings is 1. The molecule has 0 saturated heterocycles. The molecule has 1 amide bonds. The van der Waals surface area contributed by atoms with Gasteiger partial charge in [-0.25, -0.2) is 9.97 Å². The first kappa shape index (κ1) is 17.7. The summed E-state index contributed by atoms with van der Waals surface area (Å²) >= 11 is 0. The van der Waals surface area contributed by atoms with Crippen LogP contribution in [0.4, 0.5) is 5.95 Å². The molecule has 0 saturated carbocycles. The van der Waals surface area contributed by atoms with Crippen LogP contribution >= 0.6 is 0 Å². The molecule has 0 bridgehead atoms. The van der Waals surface area contributed by atoms with E-state index in [0.29, 0.717) is 11.5 Å². The third kappa shape index (κ3) is 3.44. The number of hydrogen-bond donors (Lipinski definition) is 2. The number of rotatable bonds is 4. The fourth-order valence-electron chi connectivity index (χ4n) is 3.14. The number of nitrogens with one attached hydrogen (secondary N) is 2. The highest BCUT2D eigenvalue weighted by Crippen LogP contribution is 2.23. The standard InChI is InChI=1S/C20H23N5O/c1-12-8-6-7-9-18(12)25-15(4)11-17(16(25)5)19(26)23-24-20-21-13(2)10-14(3)22-20/h6-11H,1-5H3,(H,23,26)(H,21,22,24). The van der Waals surface area contributed by atoms with Crippen molar-refractivity contribution in [3.8, 4) is 5.69 Å². The van der Waals surface area contributed by atoms with E-state index in [1.165, 1.54) is 0 Å². The second-order valence-corrected chi connectivity index (χ2v) is 6.46. The number of carbonyl (C=O) groups excluding carboxylic acids is 1. The number of anilines is 1. The van der Waals surface area contributed by atoms with Gasteiger partial charge >= 0.3 is 0 Å². The van der Waals surface area contributed by atoms with Crippen molar-refractivity contribution < 1.29 is 4.79 Å². The summed E-state index contributed by atoms with van der Waals surface area (Å²) < 4.78 is 2.09. The lowest BCUT2D eigenvalue weighted by atomic mass is 10.2. The minimum Gasteiger partial charge on any atom is -0.317 e. The SMILES string of the molecule is Cc1cc(C)nc(NNC(=O)c2cc(C)n(-c3ccccc3C)c2C)n1. The van der Waals surface area contributed by atoms with Crippen LogP contribution in [0.2, 0.25) is 0 Å². The number of amides is 1. The highest BCUT2D eigenvalue weighted by molar-refractivity contribution is 5.96. The topological polar surface area (TPSA) is 71.8 Å². The Balaban J connectivity index is 1.85. The molecule has 0 atom stereocenters. The normalized spacial score (nSPS) is 10.7. The molecule has 134 valence electrons. The molecule has 0 aliphatic heterocycles. The van der Waals surface area contributed by atoms with Gasteiger partial charge in [-0.2, -0.15) is 0 Å². The van der Waals surface area contributed by atoms with Gasteiger partial charge in [0.25, 0.3) is 5.91 Å². The smallest absolute Gasteiger partial charge is 0.271 e. The molecule has 1 aromatic carbocycles. The van der Waals surface area contributed by atoms with Gasteiger partial charge in [-0.1, -0.05) is 18.2 Å². The molecule has 2 aromatic heterocycles. The Kier molecular flexibility index (Phi) is 4.75. The quantitative estimate of drug-likeness (QED) is 0.707. The molecule has 0 unspecified atom stereocenters. The molecule has 6 heteroatoms. The molecule has 3 aromatic rings. The second-order valence-electron chi connectivity index (χ2n) is 6.46. The number of para-hydroxylation sites is 1. The lowest BCUT2D eigenvalue weighted by Gasteiger charge is -2.13. The van der Waals surface area contributed by atoms with Crippen molar-refractivity contribution in [2.75, 3.05) is 5.43 Å². The zero-order valence-corrected chi connectivity index (χ0v) is 15.7. The Morgan fingerprint density at radius 2 is 1.62 bits per heavy atom. The molecule has 0 fully saturated rings. The first-order valence-corrected chi connectivity index (χ1v) is 8.50. The maximum absolute atomic E-state index is 12.6. The Morgan fingerprint density at radius 3 is 2.27 bits per heavy atom. The molecule has 0 aliphatic rings. The van der Waals surface area contributed by atoms with Gasteiger partial charge < -0.3 is 4.57 Å². The van der Waals surface area contributed by atoms with Crippen LogP contribution in [0.15, 0.2) is 36.4 Å². The first-order chi connectivity index (χ1) is 12.4. The van der Waals surface area contributed by atoms with Crippen LogP contribution in [0.5, 0.6) is 0 Å². The van der Waals surface area contributed by atoms with E-state index in [1.54, 1.807) is 0 Å². The summed E-state index contributed by atoms with van der Waals surface area (Å²) in [4.78, 5) is 21.2. The third-order valence-electron chi connectivity index (χ3n) is 4.30. The molecule has 26 heavy (non-hydrogen) atoms. The van der Waals surface area contributed by atoms with Crippen LogP contribution in [0.25, 0.3) is 5.69 Å². The summed E-state index contributed by atoms with van der Waals surface area (Å²) in [5, 5.41) is 0. The second kappa shape index (κ2) is 7.00. The fraction of sp³-hybridized carbons (Fsp3) is 0.250. The summed E-state index contributed by atoms with van der Waals surface area (Å²) in [7, 11) is 0. The Hall–Kier alpha value is -3.15. The van der Waals surface area contributed by atoms with Gasteiger partial charge in [0, 0.05) is 28.5 Å². The lowest BCUT2D eigenvalue weighted by Crippen LogP contribution is -2.30. The summed E-state index contributed by atoms with van der Waals surface area (Å²) in [6.07, 6.45) is 0. The van der Waals surface area contributed by atoms with E-state index >= 15 is 0 Å². The van der Waals surface area contributed by atoms with E-state index in [-0.39, 0.29) is 5.91 Å². The number of hydrogen-bond acceptors (Lipinski definition) is 4. The zero-order valence-electron chi connectivity index (χ0n) is 15.7. The van der Waals surface area contributed by atoms with E-state index in [1.807, 2.05) is 52.0 Å². The molecular weight excluding hydrogens is 326 g/mol. The van der Waals surface area contributed by atoms with Gasteiger partial charge in [-0.15, -0.1) is 0 Å². The predicted molar refractivity (Wildman–Crippen MR) is 103 cm³/mol. The highest BCUT2D eigenvalue weighted by Gasteiger charge is 2.17. The van der Waals surface area contributed by atoms with Crippen LogP contribution < -0.4 is 10.9 Å². The van der Waals surface area contributed by atoms with Crippen molar-refractivity contribution >= 4 is 11.9 Å². The summed E-state index contributed by atoms with van der Waals surface area (Å²) in [5.41, 5.74) is 11.9. The summed E-state index contributed by atoms with van der Waals surface area (Å²) in [5.74, 6) is 0.157. The van der Waals surface area contributed by atoms with Gasteiger partial charge in [-0.05, 0) is 58.4 Å². The molecule has 2 N–H and O–H groups in total. The van der Waals surface area contributed by atoms with E-state index < -0.39 is 0 Å². The predicted octanol–water partition coefficient (Wildman–Crippen LogP) is 3.57. The third-order valence-corrected chi connectivity index (χ3v) is 4.30. The number of carbonyl (C=O) groups is 1. The molecule has 0 aliphatic carbocycles. The fourth-order valence-corrected chi connectivity index (χ4v) is 3.14. The van der Waals surface area contributed by atoms with Crippen molar-refractivity contribution in [3.05, 3.63) is 70.3 Å². The average Bonchev–Trinajstić information content (AvgIpc) is 2.87. The number of hydrazine groups is 1. The first-order valence-electron chi connectivity index (χ1n) is 8.50. The summed E-state index contributed by atoms with van der Waals surface area (Å²) in [6, 6.07) is 11.9. The van der Waals surface area contributed by atoms with Crippen LogP contribution in [-0.4, -0.2) is 20.4 Å². The Morgan fingerprint density at radius 1 is 0.962 bits per heavy atom. The summed E-state index contributed by atoms with van der Waals surface area (Å²) in [6.45, 7) is 9.78. The van der Waals surface area contributed by atoms with Crippen molar-refractivity contribution in [2.24, 2.45) is 0 Å². The van der Waals surface area contributed by atoms with Gasteiger partial charge in [0.1, 0.15) is 0 Å². The van der Waals surface area contributed by atoms with E-state index in [9.17, 15) is 4.79 Å². The number of nitrogens with zero attached hydrogens (tertiary/aromatic N) is 3. The molecule has 6 nitrogen and oxygen atoms in total. The molecule has 0 radical (unpaired) electrons. The van der Waals surface area contributed by atoms with Crippen molar-refractivity contribution in [1.82, 2.24) is 20.0 Å². The van der Waals surface area contributed by atoms with Crippen LogP contribution in [0.1, 0.15) is 38.7 Å². The van der Waals surface area contributed by atoms with Crippen LogP contribution in [0, 0.1) is 34.6 Å². The maximum Gasteiger partial charge on any atom is 0.271 e. The number of aromatic nitrogens is 3. The largest absolute Gasteiger partial charge is 0.317 e. The van der Waals surface area contributed by atoms with Crippen molar-refractivity contribution in [3.63, 3.8) is 0 Å². The molecule has 3 rings (SSSR count). The minimum absolute atomic E-state index is 0.222. The molecule has 0 spiro atoms. The molecule has 2 heterocycles. The van der Waals surface area contributed by atoms with Gasteiger partial charge in [0.15, 0.2) is 0 Å². The lowest BCUT2D eigenvalue weighted by molar-refractivity contribution is 0.0961. The minimum atomic E-state index is -0.222. The Labute approximate surface area is 153 Å². The molecular formula is C20H23N5O. The van der Waals surface area contributed by atoms with Crippen LogP contribution in [0.3, 0.4) is 0 Å². The number of aryl methyl sites for hydroxylation is 4.